The summed E-state index contributed by atoms with van der Waals surface area (Å²) < 4.78 is 29.0. The van der Waals surface area contributed by atoms with E-state index in [0.29, 0.717) is 37.9 Å². The van der Waals surface area contributed by atoms with E-state index in [1.165, 1.54) is 5.56 Å². The highest BCUT2D eigenvalue weighted by atomic mass is 79.9. The van der Waals surface area contributed by atoms with Crippen LogP contribution in [0.1, 0.15) is 16.7 Å². The van der Waals surface area contributed by atoms with E-state index in [0.717, 1.165) is 39.4 Å². The Balaban J connectivity index is 0.00000306. The van der Waals surface area contributed by atoms with Gasteiger partial charge in [0, 0.05) is 13.1 Å². The van der Waals surface area contributed by atoms with E-state index in [1.807, 2.05) is 42.5 Å². The van der Waals surface area contributed by atoms with Gasteiger partial charge < -0.3 is 29.0 Å². The van der Waals surface area contributed by atoms with Crippen molar-refractivity contribution in [1.29, 1.82) is 0 Å². The summed E-state index contributed by atoms with van der Waals surface area (Å²) in [5.74, 6) is 3.72. The van der Waals surface area contributed by atoms with Gasteiger partial charge in [-0.15, -0.1) is 12.4 Å². The molecule has 176 valence electrons. The van der Waals surface area contributed by atoms with Crippen molar-refractivity contribution in [1.82, 2.24) is 5.32 Å². The van der Waals surface area contributed by atoms with E-state index in [1.54, 1.807) is 14.2 Å². The highest BCUT2D eigenvalue weighted by Crippen LogP contribution is 2.38. The first-order valence-electron chi connectivity index (χ1n) is 10.4. The van der Waals surface area contributed by atoms with Crippen LogP contribution in [0.15, 0.2) is 59.1 Å². The standard InChI is InChI=1S/C25H26BrNO5.ClH/c1-28-20-6-3-17(4-7-20)14-27-15-19-11-21(26)25(24(13-19)29-2)32-16-18-5-8-22-23(12-18)31-10-9-30-22;/h3-8,11-13,27H,9-10,14-16H2,1-2H3;1H. The Morgan fingerprint density at radius 1 is 0.818 bits per heavy atom. The summed E-state index contributed by atoms with van der Waals surface area (Å²) in [4.78, 5) is 0. The maximum absolute atomic E-state index is 6.09. The van der Waals surface area contributed by atoms with Crippen molar-refractivity contribution in [3.05, 3.63) is 75.8 Å². The third-order valence-electron chi connectivity index (χ3n) is 5.10. The minimum Gasteiger partial charge on any atom is -0.497 e. The molecule has 0 saturated heterocycles. The van der Waals surface area contributed by atoms with Crippen LogP contribution in [0.3, 0.4) is 0 Å². The Labute approximate surface area is 208 Å². The van der Waals surface area contributed by atoms with Crippen molar-refractivity contribution >= 4 is 28.3 Å². The zero-order chi connectivity index (χ0) is 22.3. The van der Waals surface area contributed by atoms with E-state index in [2.05, 4.69) is 33.4 Å². The second-order valence-corrected chi connectivity index (χ2v) is 8.18. The molecule has 3 aromatic carbocycles. The monoisotopic (exact) mass is 535 g/mol. The van der Waals surface area contributed by atoms with Crippen LogP contribution in [0.25, 0.3) is 0 Å². The second-order valence-electron chi connectivity index (χ2n) is 7.33. The molecule has 0 unspecified atom stereocenters. The summed E-state index contributed by atoms with van der Waals surface area (Å²) in [6, 6.07) is 17.9. The SMILES string of the molecule is COc1ccc(CNCc2cc(Br)c(OCc3ccc4c(c3)OCCO4)c(OC)c2)cc1.Cl. The molecule has 6 nitrogen and oxygen atoms in total. The molecule has 1 heterocycles. The van der Waals surface area contributed by atoms with Crippen LogP contribution >= 0.6 is 28.3 Å². The van der Waals surface area contributed by atoms with E-state index >= 15 is 0 Å². The lowest BCUT2D eigenvalue weighted by molar-refractivity contribution is 0.171. The number of nitrogens with one attached hydrogen (secondary N) is 1. The zero-order valence-electron chi connectivity index (χ0n) is 18.6. The summed E-state index contributed by atoms with van der Waals surface area (Å²) in [6.07, 6.45) is 0. The smallest absolute Gasteiger partial charge is 0.175 e. The van der Waals surface area contributed by atoms with E-state index in [-0.39, 0.29) is 12.4 Å². The topological polar surface area (TPSA) is 58.2 Å². The minimum absolute atomic E-state index is 0. The van der Waals surface area contributed by atoms with Crippen molar-refractivity contribution in [3.63, 3.8) is 0 Å². The van der Waals surface area contributed by atoms with Gasteiger partial charge in [0.2, 0.25) is 0 Å². The van der Waals surface area contributed by atoms with E-state index < -0.39 is 0 Å². The summed E-state index contributed by atoms with van der Waals surface area (Å²) in [7, 11) is 3.31. The molecule has 0 atom stereocenters. The second kappa shape index (κ2) is 12.0. The van der Waals surface area contributed by atoms with Gasteiger partial charge in [-0.1, -0.05) is 18.2 Å². The molecule has 0 bridgehead atoms. The van der Waals surface area contributed by atoms with Gasteiger partial charge in [0.15, 0.2) is 23.0 Å². The lowest BCUT2D eigenvalue weighted by Crippen LogP contribution is -2.15. The van der Waals surface area contributed by atoms with Crippen LogP contribution in [0.2, 0.25) is 0 Å². The van der Waals surface area contributed by atoms with Crippen molar-refractivity contribution < 1.29 is 23.7 Å². The fraction of sp³-hybridized carbons (Fsp3) is 0.280. The molecule has 0 amide bonds. The van der Waals surface area contributed by atoms with Gasteiger partial charge in [0.1, 0.15) is 25.6 Å². The van der Waals surface area contributed by atoms with Gasteiger partial charge in [0.05, 0.1) is 18.7 Å². The first-order chi connectivity index (χ1) is 15.7. The molecule has 0 spiro atoms. The predicted molar refractivity (Wildman–Crippen MR) is 133 cm³/mol. The van der Waals surface area contributed by atoms with Gasteiger partial charge in [-0.3, -0.25) is 0 Å². The summed E-state index contributed by atoms with van der Waals surface area (Å²) in [6.45, 7) is 2.98. The molecule has 33 heavy (non-hydrogen) atoms. The number of ether oxygens (including phenoxy) is 5. The Morgan fingerprint density at radius 3 is 2.24 bits per heavy atom. The largest absolute Gasteiger partial charge is 0.497 e. The normalized spacial score (nSPS) is 12.0. The van der Waals surface area contributed by atoms with Gasteiger partial charge in [0.25, 0.3) is 0 Å². The Bertz CT molecular complexity index is 1060. The highest BCUT2D eigenvalue weighted by molar-refractivity contribution is 9.10. The molecule has 0 aliphatic carbocycles. The van der Waals surface area contributed by atoms with Crippen molar-refractivity contribution in [2.75, 3.05) is 27.4 Å². The number of hydrogen-bond donors (Lipinski definition) is 1. The molecule has 8 heteroatoms. The van der Waals surface area contributed by atoms with Crippen molar-refractivity contribution in [2.45, 2.75) is 19.7 Å². The van der Waals surface area contributed by atoms with E-state index in [4.69, 9.17) is 23.7 Å². The fourth-order valence-electron chi connectivity index (χ4n) is 3.44. The van der Waals surface area contributed by atoms with Gasteiger partial charge in [-0.25, -0.2) is 0 Å². The molecule has 1 aliphatic heterocycles. The van der Waals surface area contributed by atoms with Crippen LogP contribution in [0.4, 0.5) is 0 Å². The van der Waals surface area contributed by atoms with Gasteiger partial charge in [-0.2, -0.15) is 0 Å². The molecule has 0 fully saturated rings. The third kappa shape index (κ3) is 6.47. The summed E-state index contributed by atoms with van der Waals surface area (Å²) in [5, 5.41) is 3.46. The third-order valence-corrected chi connectivity index (χ3v) is 5.69. The molecule has 0 saturated carbocycles. The molecule has 0 radical (unpaired) electrons. The molecular weight excluding hydrogens is 510 g/mol. The average Bonchev–Trinajstić information content (AvgIpc) is 2.83. The highest BCUT2D eigenvalue weighted by Gasteiger charge is 2.15. The van der Waals surface area contributed by atoms with Crippen LogP contribution in [-0.4, -0.2) is 27.4 Å². The lowest BCUT2D eigenvalue weighted by atomic mass is 10.1. The number of benzene rings is 3. The molecule has 0 aromatic heterocycles. The predicted octanol–water partition coefficient (Wildman–Crippen LogP) is 5.53. The van der Waals surface area contributed by atoms with Crippen LogP contribution in [0, 0.1) is 0 Å². The first kappa shape index (κ1) is 25.0. The maximum atomic E-state index is 6.09. The number of methoxy groups -OCH3 is 2. The Hall–Kier alpha value is -2.61. The van der Waals surface area contributed by atoms with Crippen LogP contribution in [0.5, 0.6) is 28.7 Å². The summed E-state index contributed by atoms with van der Waals surface area (Å²) >= 11 is 3.63. The maximum Gasteiger partial charge on any atom is 0.175 e. The average molecular weight is 537 g/mol. The van der Waals surface area contributed by atoms with Crippen LogP contribution in [-0.2, 0) is 19.7 Å². The Morgan fingerprint density at radius 2 is 1.52 bits per heavy atom. The summed E-state index contributed by atoms with van der Waals surface area (Å²) in [5.41, 5.74) is 3.28. The van der Waals surface area contributed by atoms with Crippen molar-refractivity contribution in [3.8, 4) is 28.7 Å². The van der Waals surface area contributed by atoms with Crippen LogP contribution < -0.4 is 29.0 Å². The quantitative estimate of drug-likeness (QED) is 0.388. The van der Waals surface area contributed by atoms with E-state index in [9.17, 15) is 0 Å². The molecular formula is C25H27BrClNO5. The number of hydrogen-bond acceptors (Lipinski definition) is 6. The number of fused-ring (bicyclic) bond motifs is 1. The molecule has 1 aliphatic rings. The van der Waals surface area contributed by atoms with Gasteiger partial charge >= 0.3 is 0 Å². The molecule has 3 aromatic rings. The first-order valence-corrected chi connectivity index (χ1v) is 11.2. The number of halogens is 2. The Kier molecular flexibility index (Phi) is 9.11. The number of rotatable bonds is 9. The zero-order valence-corrected chi connectivity index (χ0v) is 21.0. The molecule has 4 rings (SSSR count). The van der Waals surface area contributed by atoms with Crippen molar-refractivity contribution in [2.24, 2.45) is 0 Å². The lowest BCUT2D eigenvalue weighted by Gasteiger charge is -2.19. The van der Waals surface area contributed by atoms with Gasteiger partial charge in [-0.05, 0) is 69.0 Å². The minimum atomic E-state index is 0. The molecule has 1 N–H and O–H groups in total. The fourth-order valence-corrected chi connectivity index (χ4v) is 4.05.